The highest BCUT2D eigenvalue weighted by Crippen LogP contribution is 2.25. The summed E-state index contributed by atoms with van der Waals surface area (Å²) in [6.07, 6.45) is 1.37. The summed E-state index contributed by atoms with van der Waals surface area (Å²) in [6.45, 7) is 5.50. The highest BCUT2D eigenvalue weighted by atomic mass is 16.5. The van der Waals surface area contributed by atoms with E-state index in [1.165, 1.54) is 5.56 Å². The molecule has 1 fully saturated rings. The quantitative estimate of drug-likeness (QED) is 0.812. The fourth-order valence-electron chi connectivity index (χ4n) is 3.19. The SMILES string of the molecule is Cc1ccc(OCCNC(=O)c2ccccc2N2CCCC2=O)c(C)c1. The molecule has 0 atom stereocenters. The molecule has 2 aromatic rings. The van der Waals surface area contributed by atoms with Crippen molar-refractivity contribution in [2.45, 2.75) is 26.7 Å². The van der Waals surface area contributed by atoms with Gasteiger partial charge in [-0.25, -0.2) is 0 Å². The van der Waals surface area contributed by atoms with Crippen LogP contribution in [0.15, 0.2) is 42.5 Å². The number of rotatable bonds is 6. The Labute approximate surface area is 154 Å². The third-order valence-corrected chi connectivity index (χ3v) is 4.49. The molecule has 1 N–H and O–H groups in total. The van der Waals surface area contributed by atoms with Crippen LogP contribution in [0, 0.1) is 13.8 Å². The number of hydrogen-bond donors (Lipinski definition) is 1. The molecule has 26 heavy (non-hydrogen) atoms. The van der Waals surface area contributed by atoms with Gasteiger partial charge in [0.05, 0.1) is 17.8 Å². The van der Waals surface area contributed by atoms with Crippen LogP contribution in [0.5, 0.6) is 5.75 Å². The van der Waals surface area contributed by atoms with Crippen molar-refractivity contribution in [3.8, 4) is 5.75 Å². The molecular formula is C21H24N2O3. The Morgan fingerprint density at radius 1 is 1.19 bits per heavy atom. The van der Waals surface area contributed by atoms with Crippen LogP contribution in [0.25, 0.3) is 0 Å². The van der Waals surface area contributed by atoms with Crippen molar-refractivity contribution in [2.75, 3.05) is 24.6 Å². The minimum atomic E-state index is -0.190. The van der Waals surface area contributed by atoms with Crippen LogP contribution in [0.2, 0.25) is 0 Å². The Morgan fingerprint density at radius 3 is 2.73 bits per heavy atom. The van der Waals surface area contributed by atoms with Gasteiger partial charge >= 0.3 is 0 Å². The topological polar surface area (TPSA) is 58.6 Å². The largest absolute Gasteiger partial charge is 0.491 e. The molecule has 2 aromatic carbocycles. The summed E-state index contributed by atoms with van der Waals surface area (Å²) in [5.74, 6) is 0.709. The first-order chi connectivity index (χ1) is 12.6. The molecule has 0 aromatic heterocycles. The van der Waals surface area contributed by atoms with Crippen molar-refractivity contribution in [2.24, 2.45) is 0 Å². The molecule has 0 saturated carbocycles. The summed E-state index contributed by atoms with van der Waals surface area (Å²) in [4.78, 5) is 26.2. The number of amides is 2. The van der Waals surface area contributed by atoms with Gasteiger partial charge in [0.25, 0.3) is 5.91 Å². The molecule has 0 radical (unpaired) electrons. The van der Waals surface area contributed by atoms with E-state index in [9.17, 15) is 9.59 Å². The summed E-state index contributed by atoms with van der Waals surface area (Å²) < 4.78 is 5.75. The van der Waals surface area contributed by atoms with Gasteiger partial charge in [0.2, 0.25) is 5.91 Å². The first-order valence-electron chi connectivity index (χ1n) is 8.94. The number of aryl methyl sites for hydroxylation is 2. The standard InChI is InChI=1S/C21H24N2O3/c1-15-9-10-19(16(2)14-15)26-13-11-22-21(25)17-6-3-4-7-18(17)23-12-5-8-20(23)24/h3-4,6-7,9-10,14H,5,8,11-13H2,1-2H3,(H,22,25). The number of nitrogens with zero attached hydrogens (tertiary/aromatic N) is 1. The van der Waals surface area contributed by atoms with Crippen molar-refractivity contribution < 1.29 is 14.3 Å². The minimum absolute atomic E-state index is 0.0726. The van der Waals surface area contributed by atoms with Crippen LogP contribution in [0.1, 0.15) is 34.3 Å². The van der Waals surface area contributed by atoms with Crippen LogP contribution < -0.4 is 15.0 Å². The molecule has 5 heteroatoms. The van der Waals surface area contributed by atoms with Gasteiger partial charge in [-0.3, -0.25) is 9.59 Å². The molecule has 0 bridgehead atoms. The summed E-state index contributed by atoms with van der Waals surface area (Å²) in [5, 5.41) is 2.88. The van der Waals surface area contributed by atoms with Crippen LogP contribution in [-0.4, -0.2) is 31.5 Å². The van der Waals surface area contributed by atoms with Crippen LogP contribution >= 0.6 is 0 Å². The number of carbonyl (C=O) groups excluding carboxylic acids is 2. The van der Waals surface area contributed by atoms with E-state index in [4.69, 9.17) is 4.74 Å². The van der Waals surface area contributed by atoms with Crippen molar-refractivity contribution in [3.63, 3.8) is 0 Å². The zero-order chi connectivity index (χ0) is 18.5. The smallest absolute Gasteiger partial charge is 0.253 e. The number of benzene rings is 2. The van der Waals surface area contributed by atoms with Crippen molar-refractivity contribution in [3.05, 3.63) is 59.2 Å². The van der Waals surface area contributed by atoms with Crippen LogP contribution in [0.4, 0.5) is 5.69 Å². The average molecular weight is 352 g/mol. The summed E-state index contributed by atoms with van der Waals surface area (Å²) in [6, 6.07) is 13.2. The van der Waals surface area contributed by atoms with Gasteiger partial charge in [-0.15, -0.1) is 0 Å². The second kappa shape index (κ2) is 8.04. The number of hydrogen-bond acceptors (Lipinski definition) is 3. The molecule has 1 aliphatic heterocycles. The first-order valence-corrected chi connectivity index (χ1v) is 8.94. The monoisotopic (exact) mass is 352 g/mol. The fraction of sp³-hybridized carbons (Fsp3) is 0.333. The van der Waals surface area contributed by atoms with Crippen molar-refractivity contribution in [1.82, 2.24) is 5.32 Å². The van der Waals surface area contributed by atoms with Crippen molar-refractivity contribution in [1.29, 1.82) is 0 Å². The Bertz CT molecular complexity index is 817. The Kier molecular flexibility index (Phi) is 5.56. The molecule has 1 saturated heterocycles. The maximum Gasteiger partial charge on any atom is 0.253 e. The van der Waals surface area contributed by atoms with E-state index in [0.717, 1.165) is 17.7 Å². The highest BCUT2D eigenvalue weighted by Gasteiger charge is 2.25. The summed E-state index contributed by atoms with van der Waals surface area (Å²) in [5.41, 5.74) is 3.47. The van der Waals surface area contributed by atoms with E-state index in [-0.39, 0.29) is 11.8 Å². The predicted octanol–water partition coefficient (Wildman–Crippen LogP) is 3.24. The molecule has 5 nitrogen and oxygen atoms in total. The number of para-hydroxylation sites is 1. The molecule has 136 valence electrons. The average Bonchev–Trinajstić information content (AvgIpc) is 3.06. The Balaban J connectivity index is 1.58. The van der Waals surface area contributed by atoms with Crippen molar-refractivity contribution >= 4 is 17.5 Å². The van der Waals surface area contributed by atoms with Gasteiger partial charge in [0.15, 0.2) is 0 Å². The molecule has 2 amide bonds. The normalized spacial score (nSPS) is 13.8. The maximum absolute atomic E-state index is 12.5. The lowest BCUT2D eigenvalue weighted by molar-refractivity contribution is -0.117. The van der Waals surface area contributed by atoms with E-state index in [1.54, 1.807) is 11.0 Å². The Hall–Kier alpha value is -2.82. The molecule has 0 spiro atoms. The summed E-state index contributed by atoms with van der Waals surface area (Å²) in [7, 11) is 0. The first kappa shape index (κ1) is 18.0. The molecular weight excluding hydrogens is 328 g/mol. The number of ether oxygens (including phenoxy) is 1. The predicted molar refractivity (Wildman–Crippen MR) is 102 cm³/mol. The number of anilines is 1. The third-order valence-electron chi connectivity index (χ3n) is 4.49. The van der Waals surface area contributed by atoms with E-state index in [1.807, 2.05) is 44.2 Å². The van der Waals surface area contributed by atoms with Gasteiger partial charge in [0, 0.05) is 13.0 Å². The molecule has 1 heterocycles. The van der Waals surface area contributed by atoms with E-state index in [0.29, 0.717) is 37.4 Å². The van der Waals surface area contributed by atoms with Gasteiger partial charge in [-0.2, -0.15) is 0 Å². The molecule has 0 aliphatic carbocycles. The third kappa shape index (κ3) is 4.04. The minimum Gasteiger partial charge on any atom is -0.491 e. The van der Waals surface area contributed by atoms with Crippen LogP contribution in [-0.2, 0) is 4.79 Å². The van der Waals surface area contributed by atoms with Gasteiger partial charge < -0.3 is 15.0 Å². The second-order valence-electron chi connectivity index (χ2n) is 6.54. The fourth-order valence-corrected chi connectivity index (χ4v) is 3.19. The zero-order valence-electron chi connectivity index (χ0n) is 15.2. The lowest BCUT2D eigenvalue weighted by atomic mass is 10.1. The zero-order valence-corrected chi connectivity index (χ0v) is 15.2. The molecule has 0 unspecified atom stereocenters. The molecule has 1 aliphatic rings. The maximum atomic E-state index is 12.5. The second-order valence-corrected chi connectivity index (χ2v) is 6.54. The Morgan fingerprint density at radius 2 is 2.00 bits per heavy atom. The van der Waals surface area contributed by atoms with E-state index >= 15 is 0 Å². The molecule has 3 rings (SSSR count). The lowest BCUT2D eigenvalue weighted by Gasteiger charge is -2.19. The highest BCUT2D eigenvalue weighted by molar-refractivity contribution is 6.05. The van der Waals surface area contributed by atoms with E-state index < -0.39 is 0 Å². The van der Waals surface area contributed by atoms with Gasteiger partial charge in [0.1, 0.15) is 12.4 Å². The number of nitrogens with one attached hydrogen (secondary N) is 1. The lowest BCUT2D eigenvalue weighted by Crippen LogP contribution is -2.31. The number of carbonyl (C=O) groups is 2. The summed E-state index contributed by atoms with van der Waals surface area (Å²) >= 11 is 0. The van der Waals surface area contributed by atoms with E-state index in [2.05, 4.69) is 11.4 Å². The van der Waals surface area contributed by atoms with Gasteiger partial charge in [-0.05, 0) is 44.0 Å². The van der Waals surface area contributed by atoms with Gasteiger partial charge in [-0.1, -0.05) is 29.8 Å². The van der Waals surface area contributed by atoms with Crippen LogP contribution in [0.3, 0.4) is 0 Å².